The Morgan fingerprint density at radius 2 is 2.00 bits per heavy atom. The van der Waals surface area contributed by atoms with Crippen LogP contribution in [-0.4, -0.2) is 21.4 Å². The second-order valence-electron chi connectivity index (χ2n) is 4.49. The molecule has 0 amide bonds. The molecule has 0 spiro atoms. The Morgan fingerprint density at radius 3 is 2.68 bits per heavy atom. The highest BCUT2D eigenvalue weighted by Gasteiger charge is 2.23. The molecule has 100 valence electrons. The van der Waals surface area contributed by atoms with Crippen LogP contribution < -0.4 is 0 Å². The van der Waals surface area contributed by atoms with E-state index >= 15 is 0 Å². The molecule has 0 aliphatic carbocycles. The Hall–Kier alpha value is -1.27. The number of ether oxygens (including phenoxy) is 1. The molecule has 1 fully saturated rings. The van der Waals surface area contributed by atoms with E-state index in [-0.39, 0.29) is 12.0 Å². The second-order valence-corrected chi connectivity index (χ2v) is 5.20. The Labute approximate surface area is 118 Å². The number of hydrogen-bond donors (Lipinski definition) is 0. The summed E-state index contributed by atoms with van der Waals surface area (Å²) in [6.07, 6.45) is 3.09. The predicted molar refractivity (Wildman–Crippen MR) is 72.0 cm³/mol. The molecule has 19 heavy (non-hydrogen) atoms. The monoisotopic (exact) mass is 325 g/mol. The van der Waals surface area contributed by atoms with E-state index in [1.165, 1.54) is 12.1 Å². The fraction of sp³-hybridized carbons (Fsp3) is 0.385. The minimum absolute atomic E-state index is 0.0572. The van der Waals surface area contributed by atoms with Gasteiger partial charge in [-0.05, 0) is 59.5 Å². The van der Waals surface area contributed by atoms with E-state index in [9.17, 15) is 4.39 Å². The number of benzene rings is 1. The van der Waals surface area contributed by atoms with E-state index in [1.54, 1.807) is 12.1 Å². The van der Waals surface area contributed by atoms with Crippen LogP contribution in [0, 0.1) is 5.82 Å². The molecule has 2 aromatic rings. The van der Waals surface area contributed by atoms with Gasteiger partial charge in [-0.15, -0.1) is 10.2 Å². The molecule has 1 atom stereocenters. The summed E-state index contributed by atoms with van der Waals surface area (Å²) in [6, 6.07) is 6.24. The minimum atomic E-state index is -0.261. The molecule has 6 heteroatoms. The van der Waals surface area contributed by atoms with Crippen molar-refractivity contribution in [3.8, 4) is 11.4 Å². The van der Waals surface area contributed by atoms with Crippen molar-refractivity contribution >= 4 is 15.9 Å². The summed E-state index contributed by atoms with van der Waals surface area (Å²) >= 11 is 3.40. The van der Waals surface area contributed by atoms with Gasteiger partial charge in [-0.25, -0.2) is 4.39 Å². The van der Waals surface area contributed by atoms with Crippen molar-refractivity contribution in [1.29, 1.82) is 0 Å². The van der Waals surface area contributed by atoms with Gasteiger partial charge in [-0.1, -0.05) is 0 Å². The average molecular weight is 326 g/mol. The van der Waals surface area contributed by atoms with Gasteiger partial charge in [0, 0.05) is 12.2 Å². The maximum absolute atomic E-state index is 13.0. The van der Waals surface area contributed by atoms with Gasteiger partial charge >= 0.3 is 0 Å². The zero-order valence-electron chi connectivity index (χ0n) is 10.2. The third-order valence-electron chi connectivity index (χ3n) is 3.20. The lowest BCUT2D eigenvalue weighted by Gasteiger charge is -2.25. The maximum Gasteiger partial charge on any atom is 0.202 e. The Kier molecular flexibility index (Phi) is 3.61. The van der Waals surface area contributed by atoms with E-state index < -0.39 is 0 Å². The van der Waals surface area contributed by atoms with Gasteiger partial charge < -0.3 is 4.74 Å². The van der Waals surface area contributed by atoms with Crippen LogP contribution in [0.5, 0.6) is 0 Å². The van der Waals surface area contributed by atoms with Crippen LogP contribution in [0.4, 0.5) is 4.39 Å². The summed E-state index contributed by atoms with van der Waals surface area (Å²) in [7, 11) is 0. The summed E-state index contributed by atoms with van der Waals surface area (Å²) in [5, 5.41) is 8.20. The molecule has 4 nitrogen and oxygen atoms in total. The molecule has 0 radical (unpaired) electrons. The van der Waals surface area contributed by atoms with Crippen molar-refractivity contribution in [2.24, 2.45) is 0 Å². The third-order valence-corrected chi connectivity index (χ3v) is 3.74. The summed E-state index contributed by atoms with van der Waals surface area (Å²) in [6.45, 7) is 0.748. The van der Waals surface area contributed by atoms with Crippen LogP contribution >= 0.6 is 15.9 Å². The smallest absolute Gasteiger partial charge is 0.202 e. The standard InChI is InChI=1S/C13H13BrFN3O/c14-13-17-16-12(9-4-6-10(15)7-5-9)18(13)11-3-1-2-8-19-11/h4-7,11H,1-3,8H2. The van der Waals surface area contributed by atoms with Gasteiger partial charge in [0.1, 0.15) is 12.0 Å². The molecule has 1 unspecified atom stereocenters. The van der Waals surface area contributed by atoms with Crippen molar-refractivity contribution in [1.82, 2.24) is 14.8 Å². The lowest BCUT2D eigenvalue weighted by molar-refractivity contribution is -0.0324. The van der Waals surface area contributed by atoms with Gasteiger partial charge in [-0.2, -0.15) is 0 Å². The molecule has 1 aromatic carbocycles. The van der Waals surface area contributed by atoms with Crippen LogP contribution in [0.25, 0.3) is 11.4 Å². The van der Waals surface area contributed by atoms with Crippen molar-refractivity contribution < 1.29 is 9.13 Å². The van der Waals surface area contributed by atoms with Crippen molar-refractivity contribution in [3.63, 3.8) is 0 Å². The fourth-order valence-electron chi connectivity index (χ4n) is 2.25. The molecule has 1 saturated heterocycles. The van der Waals surface area contributed by atoms with Gasteiger partial charge in [-0.3, -0.25) is 4.57 Å². The SMILES string of the molecule is Fc1ccc(-c2nnc(Br)n2C2CCCCO2)cc1. The molecular formula is C13H13BrFN3O. The van der Waals surface area contributed by atoms with E-state index in [1.807, 2.05) is 4.57 Å². The first-order valence-electron chi connectivity index (χ1n) is 6.23. The Morgan fingerprint density at radius 1 is 1.21 bits per heavy atom. The van der Waals surface area contributed by atoms with E-state index in [2.05, 4.69) is 26.1 Å². The van der Waals surface area contributed by atoms with Gasteiger partial charge in [0.15, 0.2) is 5.82 Å². The highest BCUT2D eigenvalue weighted by Crippen LogP contribution is 2.31. The van der Waals surface area contributed by atoms with Crippen molar-refractivity contribution in [2.45, 2.75) is 25.5 Å². The average Bonchev–Trinajstić information content (AvgIpc) is 2.82. The zero-order valence-corrected chi connectivity index (χ0v) is 11.8. The van der Waals surface area contributed by atoms with Crippen LogP contribution in [0.2, 0.25) is 0 Å². The molecule has 0 bridgehead atoms. The first-order chi connectivity index (χ1) is 9.25. The molecular weight excluding hydrogens is 313 g/mol. The van der Waals surface area contributed by atoms with Crippen molar-refractivity contribution in [2.75, 3.05) is 6.61 Å². The van der Waals surface area contributed by atoms with Crippen LogP contribution in [0.3, 0.4) is 0 Å². The lowest BCUT2D eigenvalue weighted by Crippen LogP contribution is -2.19. The Bertz CT molecular complexity index is 564. The first-order valence-corrected chi connectivity index (χ1v) is 7.03. The number of rotatable bonds is 2. The third kappa shape index (κ3) is 2.55. The summed E-state index contributed by atoms with van der Waals surface area (Å²) < 4.78 is 21.3. The van der Waals surface area contributed by atoms with Crippen molar-refractivity contribution in [3.05, 3.63) is 34.8 Å². The van der Waals surface area contributed by atoms with Crippen LogP contribution in [-0.2, 0) is 4.74 Å². The van der Waals surface area contributed by atoms with Gasteiger partial charge in [0.25, 0.3) is 0 Å². The van der Waals surface area contributed by atoms with Crippen LogP contribution in [0.15, 0.2) is 29.0 Å². The molecule has 3 rings (SSSR count). The summed E-state index contributed by atoms with van der Waals surface area (Å²) in [5.41, 5.74) is 0.828. The molecule has 1 aromatic heterocycles. The lowest BCUT2D eigenvalue weighted by atomic mass is 10.1. The molecule has 2 heterocycles. The van der Waals surface area contributed by atoms with E-state index in [0.717, 1.165) is 31.4 Å². The topological polar surface area (TPSA) is 39.9 Å². The largest absolute Gasteiger partial charge is 0.358 e. The van der Waals surface area contributed by atoms with E-state index in [0.29, 0.717) is 10.6 Å². The predicted octanol–water partition coefficient (Wildman–Crippen LogP) is 3.55. The molecule has 1 aliphatic heterocycles. The fourth-order valence-corrected chi connectivity index (χ4v) is 2.73. The number of nitrogens with zero attached hydrogens (tertiary/aromatic N) is 3. The summed E-state index contributed by atoms with van der Waals surface area (Å²) in [5.74, 6) is 0.432. The normalized spacial score (nSPS) is 19.6. The number of hydrogen-bond acceptors (Lipinski definition) is 3. The van der Waals surface area contributed by atoms with Crippen LogP contribution in [0.1, 0.15) is 25.5 Å². The second kappa shape index (κ2) is 5.38. The zero-order chi connectivity index (χ0) is 13.2. The molecule has 0 saturated carbocycles. The molecule has 1 aliphatic rings. The Balaban J connectivity index is 1.99. The first kappa shape index (κ1) is 12.7. The highest BCUT2D eigenvalue weighted by molar-refractivity contribution is 9.10. The number of aromatic nitrogens is 3. The maximum atomic E-state index is 13.0. The highest BCUT2D eigenvalue weighted by atomic mass is 79.9. The molecule has 0 N–H and O–H groups in total. The van der Waals surface area contributed by atoms with Gasteiger partial charge in [0.2, 0.25) is 4.73 Å². The number of halogens is 2. The quantitative estimate of drug-likeness (QED) is 0.847. The van der Waals surface area contributed by atoms with E-state index in [4.69, 9.17) is 4.74 Å². The minimum Gasteiger partial charge on any atom is -0.358 e. The van der Waals surface area contributed by atoms with Gasteiger partial charge in [0.05, 0.1) is 0 Å². The summed E-state index contributed by atoms with van der Waals surface area (Å²) in [4.78, 5) is 0.